The van der Waals surface area contributed by atoms with Crippen molar-refractivity contribution in [2.45, 2.75) is 58.5 Å². The highest BCUT2D eigenvalue weighted by Crippen LogP contribution is 2.33. The molecule has 0 aromatic heterocycles. The predicted molar refractivity (Wildman–Crippen MR) is 96.0 cm³/mol. The van der Waals surface area contributed by atoms with Crippen LogP contribution in [0.4, 0.5) is 5.69 Å². The maximum atomic E-state index is 3.63. The van der Waals surface area contributed by atoms with Gasteiger partial charge in [0, 0.05) is 29.8 Å². The van der Waals surface area contributed by atoms with Crippen molar-refractivity contribution in [3.8, 4) is 0 Å². The first-order valence-corrected chi connectivity index (χ1v) is 9.17. The molecule has 0 saturated heterocycles. The van der Waals surface area contributed by atoms with Gasteiger partial charge in [-0.2, -0.15) is 0 Å². The highest BCUT2D eigenvalue weighted by molar-refractivity contribution is 9.10. The van der Waals surface area contributed by atoms with Crippen molar-refractivity contribution >= 4 is 21.6 Å². The Balaban J connectivity index is 2.10. The Morgan fingerprint density at radius 3 is 2.52 bits per heavy atom. The molecule has 0 unspecified atom stereocenters. The average molecular weight is 353 g/mol. The molecule has 0 heterocycles. The predicted octanol–water partition coefficient (Wildman–Crippen LogP) is 4.96. The van der Waals surface area contributed by atoms with Gasteiger partial charge in [-0.25, -0.2) is 0 Å². The summed E-state index contributed by atoms with van der Waals surface area (Å²) < 4.78 is 1.17. The number of nitrogens with one attached hydrogen (secondary N) is 1. The van der Waals surface area contributed by atoms with Gasteiger partial charge in [-0.15, -0.1) is 0 Å². The third-order valence-corrected chi connectivity index (χ3v) is 5.43. The van der Waals surface area contributed by atoms with Crippen molar-refractivity contribution in [1.82, 2.24) is 5.32 Å². The van der Waals surface area contributed by atoms with Gasteiger partial charge in [0.25, 0.3) is 0 Å². The standard InChI is InChI=1S/C18H29BrN2/c1-4-14-6-10-17(11-7-14)21(3)18-12-16(19)9-8-15(18)13-20-5-2/h8-9,12,14,17,20H,4-7,10-11,13H2,1-3H3. The molecule has 1 aromatic rings. The Morgan fingerprint density at radius 2 is 1.90 bits per heavy atom. The summed E-state index contributed by atoms with van der Waals surface area (Å²) in [5.41, 5.74) is 2.78. The molecule has 0 atom stereocenters. The third-order valence-electron chi connectivity index (χ3n) is 4.93. The summed E-state index contributed by atoms with van der Waals surface area (Å²) >= 11 is 3.63. The molecule has 1 fully saturated rings. The van der Waals surface area contributed by atoms with Crippen LogP contribution in [0.15, 0.2) is 22.7 Å². The molecule has 1 aromatic carbocycles. The van der Waals surface area contributed by atoms with E-state index in [1.165, 1.54) is 47.8 Å². The molecule has 1 saturated carbocycles. The minimum atomic E-state index is 0.697. The topological polar surface area (TPSA) is 15.3 Å². The second kappa shape index (κ2) is 8.19. The van der Waals surface area contributed by atoms with E-state index < -0.39 is 0 Å². The lowest BCUT2D eigenvalue weighted by Gasteiger charge is -2.37. The average Bonchev–Trinajstić information content (AvgIpc) is 2.53. The second-order valence-electron chi connectivity index (χ2n) is 6.25. The number of halogens is 1. The lowest BCUT2D eigenvalue weighted by Crippen LogP contribution is -2.36. The normalized spacial score (nSPS) is 22.3. The Hall–Kier alpha value is -0.540. The first kappa shape index (κ1) is 16.8. The molecule has 21 heavy (non-hydrogen) atoms. The van der Waals surface area contributed by atoms with E-state index in [-0.39, 0.29) is 0 Å². The molecule has 1 N–H and O–H groups in total. The van der Waals surface area contributed by atoms with Gasteiger partial charge in [0.15, 0.2) is 0 Å². The van der Waals surface area contributed by atoms with Gasteiger partial charge >= 0.3 is 0 Å². The zero-order valence-corrected chi connectivity index (χ0v) is 15.2. The van der Waals surface area contributed by atoms with E-state index in [0.29, 0.717) is 6.04 Å². The van der Waals surface area contributed by atoms with E-state index in [0.717, 1.165) is 19.0 Å². The van der Waals surface area contributed by atoms with Crippen LogP contribution in [0.5, 0.6) is 0 Å². The van der Waals surface area contributed by atoms with Crippen LogP contribution in [-0.4, -0.2) is 19.6 Å². The number of nitrogens with zero attached hydrogens (tertiary/aromatic N) is 1. The summed E-state index contributed by atoms with van der Waals surface area (Å²) in [5, 5.41) is 3.46. The van der Waals surface area contributed by atoms with E-state index in [1.54, 1.807) is 0 Å². The monoisotopic (exact) mass is 352 g/mol. The van der Waals surface area contributed by atoms with Crippen LogP contribution in [-0.2, 0) is 6.54 Å². The molecule has 118 valence electrons. The SMILES string of the molecule is CCNCc1ccc(Br)cc1N(C)C1CCC(CC)CC1. The summed E-state index contributed by atoms with van der Waals surface area (Å²) in [6, 6.07) is 7.37. The third kappa shape index (κ3) is 4.46. The van der Waals surface area contributed by atoms with Crippen LogP contribution < -0.4 is 10.2 Å². The zero-order valence-electron chi connectivity index (χ0n) is 13.7. The maximum Gasteiger partial charge on any atom is 0.0423 e. The number of hydrogen-bond donors (Lipinski definition) is 1. The molecular weight excluding hydrogens is 324 g/mol. The summed E-state index contributed by atoms with van der Waals surface area (Å²) in [6.07, 6.45) is 6.80. The Bertz CT molecular complexity index is 439. The fourth-order valence-electron chi connectivity index (χ4n) is 3.41. The molecule has 1 aliphatic rings. The van der Waals surface area contributed by atoms with Crippen LogP contribution in [0.25, 0.3) is 0 Å². The summed E-state index contributed by atoms with van der Waals surface area (Å²) in [5.74, 6) is 0.957. The molecular formula is C18H29BrN2. The van der Waals surface area contributed by atoms with Gasteiger partial charge in [-0.1, -0.05) is 42.3 Å². The van der Waals surface area contributed by atoms with Gasteiger partial charge in [0.2, 0.25) is 0 Å². The largest absolute Gasteiger partial charge is 0.371 e. The number of hydrogen-bond acceptors (Lipinski definition) is 2. The highest BCUT2D eigenvalue weighted by atomic mass is 79.9. The lowest BCUT2D eigenvalue weighted by molar-refractivity contribution is 0.313. The molecule has 3 heteroatoms. The van der Waals surface area contributed by atoms with Crippen molar-refractivity contribution in [3.05, 3.63) is 28.2 Å². The van der Waals surface area contributed by atoms with Crippen molar-refractivity contribution in [2.75, 3.05) is 18.5 Å². The smallest absolute Gasteiger partial charge is 0.0423 e. The molecule has 0 amide bonds. The van der Waals surface area contributed by atoms with Crippen LogP contribution in [0.1, 0.15) is 51.5 Å². The highest BCUT2D eigenvalue weighted by Gasteiger charge is 2.24. The van der Waals surface area contributed by atoms with Gasteiger partial charge < -0.3 is 10.2 Å². The zero-order chi connectivity index (χ0) is 15.2. The van der Waals surface area contributed by atoms with E-state index in [4.69, 9.17) is 0 Å². The molecule has 0 spiro atoms. The molecule has 0 bridgehead atoms. The molecule has 2 nitrogen and oxygen atoms in total. The summed E-state index contributed by atoms with van der Waals surface area (Å²) in [7, 11) is 2.27. The quantitative estimate of drug-likeness (QED) is 0.777. The molecule has 2 rings (SSSR count). The first-order chi connectivity index (χ1) is 10.2. The van der Waals surface area contributed by atoms with Crippen LogP contribution in [0.3, 0.4) is 0 Å². The van der Waals surface area contributed by atoms with E-state index in [9.17, 15) is 0 Å². The van der Waals surface area contributed by atoms with E-state index in [2.05, 4.69) is 65.2 Å². The van der Waals surface area contributed by atoms with Gasteiger partial charge in [-0.3, -0.25) is 0 Å². The summed E-state index contributed by atoms with van der Waals surface area (Å²) in [6.45, 7) is 6.46. The van der Waals surface area contributed by atoms with Gasteiger partial charge in [0.1, 0.15) is 0 Å². The van der Waals surface area contributed by atoms with Crippen LogP contribution in [0, 0.1) is 5.92 Å². The Labute approximate surface area is 138 Å². The molecule has 0 aliphatic heterocycles. The number of anilines is 1. The minimum Gasteiger partial charge on any atom is -0.371 e. The van der Waals surface area contributed by atoms with Crippen molar-refractivity contribution in [1.29, 1.82) is 0 Å². The first-order valence-electron chi connectivity index (χ1n) is 8.37. The number of benzene rings is 1. The number of rotatable bonds is 6. The fourth-order valence-corrected chi connectivity index (χ4v) is 3.76. The Kier molecular flexibility index (Phi) is 6.56. The van der Waals surface area contributed by atoms with E-state index >= 15 is 0 Å². The molecule has 1 aliphatic carbocycles. The van der Waals surface area contributed by atoms with Crippen LogP contribution in [0.2, 0.25) is 0 Å². The second-order valence-corrected chi connectivity index (χ2v) is 7.16. The maximum absolute atomic E-state index is 3.63. The molecule has 0 radical (unpaired) electrons. The Morgan fingerprint density at radius 1 is 1.19 bits per heavy atom. The van der Waals surface area contributed by atoms with E-state index in [1.807, 2.05) is 0 Å². The van der Waals surface area contributed by atoms with Crippen LogP contribution >= 0.6 is 15.9 Å². The lowest BCUT2D eigenvalue weighted by atomic mass is 9.84. The summed E-state index contributed by atoms with van der Waals surface area (Å²) in [4.78, 5) is 2.52. The fraction of sp³-hybridized carbons (Fsp3) is 0.667. The van der Waals surface area contributed by atoms with Crippen molar-refractivity contribution in [2.24, 2.45) is 5.92 Å². The minimum absolute atomic E-state index is 0.697. The van der Waals surface area contributed by atoms with Crippen molar-refractivity contribution in [3.63, 3.8) is 0 Å². The van der Waals surface area contributed by atoms with Gasteiger partial charge in [0.05, 0.1) is 0 Å². The van der Waals surface area contributed by atoms with Gasteiger partial charge in [-0.05, 0) is 55.8 Å². The van der Waals surface area contributed by atoms with Crippen molar-refractivity contribution < 1.29 is 0 Å².